The molecule has 6 heteroatoms. The van der Waals surface area contributed by atoms with Gasteiger partial charge in [-0.3, -0.25) is 4.79 Å². The van der Waals surface area contributed by atoms with Gasteiger partial charge in [0.15, 0.2) is 15.6 Å². The fraction of sp³-hybridized carbons (Fsp3) is 0.308. The maximum absolute atomic E-state index is 11.9. The molecule has 0 spiro atoms. The molecule has 0 amide bonds. The highest BCUT2D eigenvalue weighted by atomic mass is 32.2. The van der Waals surface area contributed by atoms with Gasteiger partial charge < -0.3 is 9.64 Å². The van der Waals surface area contributed by atoms with Crippen LogP contribution in [-0.4, -0.2) is 46.6 Å². The molecule has 5 nitrogen and oxygen atoms in total. The second kappa shape index (κ2) is 5.88. The van der Waals surface area contributed by atoms with Gasteiger partial charge in [0, 0.05) is 38.2 Å². The van der Waals surface area contributed by atoms with Gasteiger partial charge in [0.25, 0.3) is 0 Å². The Balaban J connectivity index is 3.18. The minimum absolute atomic E-state index is 0.0724. The first-order valence-electron chi connectivity index (χ1n) is 5.52. The zero-order valence-corrected chi connectivity index (χ0v) is 12.2. The number of methoxy groups -OCH3 is 1. The summed E-state index contributed by atoms with van der Waals surface area (Å²) in [6.45, 7) is 0. The summed E-state index contributed by atoms with van der Waals surface area (Å²) in [5.74, 6) is -0.0429. The van der Waals surface area contributed by atoms with Crippen LogP contribution in [0.2, 0.25) is 0 Å². The number of ketones is 1. The first-order valence-corrected chi connectivity index (χ1v) is 7.42. The topological polar surface area (TPSA) is 63.7 Å². The van der Waals surface area contributed by atoms with E-state index < -0.39 is 9.84 Å². The van der Waals surface area contributed by atoms with Gasteiger partial charge in [0.2, 0.25) is 0 Å². The molecule has 0 atom stereocenters. The number of nitrogens with zero attached hydrogens (tertiary/aromatic N) is 1. The van der Waals surface area contributed by atoms with Crippen LogP contribution in [0.3, 0.4) is 0 Å². The molecule has 19 heavy (non-hydrogen) atoms. The summed E-state index contributed by atoms with van der Waals surface area (Å²) < 4.78 is 28.1. The third-order valence-corrected chi connectivity index (χ3v) is 3.51. The van der Waals surface area contributed by atoms with Crippen LogP contribution in [0.5, 0.6) is 5.75 Å². The predicted octanol–water partition coefficient (Wildman–Crippen LogP) is 1.36. The summed E-state index contributed by atoms with van der Waals surface area (Å²) in [6, 6.07) is 4.28. The lowest BCUT2D eigenvalue weighted by Crippen LogP contribution is -2.05. The number of hydrogen-bond donors (Lipinski definition) is 0. The summed E-state index contributed by atoms with van der Waals surface area (Å²) in [5.41, 5.74) is 0.377. The zero-order chi connectivity index (χ0) is 14.6. The molecule has 0 saturated carbocycles. The average molecular weight is 283 g/mol. The molecule has 0 radical (unpaired) electrons. The van der Waals surface area contributed by atoms with Gasteiger partial charge in [-0.1, -0.05) is 0 Å². The molecule has 0 aliphatic carbocycles. The Kier molecular flexibility index (Phi) is 4.72. The molecule has 0 aliphatic rings. The fourth-order valence-corrected chi connectivity index (χ4v) is 2.26. The molecule has 1 aromatic carbocycles. The average Bonchev–Trinajstić information content (AvgIpc) is 2.33. The van der Waals surface area contributed by atoms with E-state index in [1.165, 1.54) is 31.4 Å². The summed E-state index contributed by atoms with van der Waals surface area (Å²) in [6.07, 6.45) is 4.13. The molecule has 0 N–H and O–H groups in total. The lowest BCUT2D eigenvalue weighted by atomic mass is 10.1. The molecule has 0 heterocycles. The number of sulfone groups is 1. The van der Waals surface area contributed by atoms with Crippen LogP contribution in [0.15, 0.2) is 35.4 Å². The third-order valence-electron chi connectivity index (χ3n) is 2.37. The van der Waals surface area contributed by atoms with Gasteiger partial charge in [0.05, 0.1) is 7.11 Å². The smallest absolute Gasteiger partial charge is 0.187 e. The van der Waals surface area contributed by atoms with Crippen LogP contribution < -0.4 is 4.74 Å². The van der Waals surface area contributed by atoms with Crippen molar-refractivity contribution in [1.29, 1.82) is 0 Å². The number of ether oxygens (including phenoxy) is 1. The molecule has 0 bridgehead atoms. The largest absolute Gasteiger partial charge is 0.495 e. The first-order chi connectivity index (χ1) is 8.75. The highest BCUT2D eigenvalue weighted by Crippen LogP contribution is 2.25. The van der Waals surface area contributed by atoms with E-state index >= 15 is 0 Å². The van der Waals surface area contributed by atoms with Gasteiger partial charge in [-0.25, -0.2) is 8.42 Å². The van der Waals surface area contributed by atoms with Gasteiger partial charge in [-0.2, -0.15) is 0 Å². The number of allylic oxidation sites excluding steroid dienone is 1. The number of benzene rings is 1. The van der Waals surface area contributed by atoms with Gasteiger partial charge in [0.1, 0.15) is 10.6 Å². The van der Waals surface area contributed by atoms with Crippen molar-refractivity contribution in [3.63, 3.8) is 0 Å². The Hall–Kier alpha value is -1.82. The van der Waals surface area contributed by atoms with Crippen LogP contribution in [0.4, 0.5) is 0 Å². The number of hydrogen-bond acceptors (Lipinski definition) is 5. The van der Waals surface area contributed by atoms with E-state index in [0.29, 0.717) is 5.56 Å². The molecule has 0 unspecified atom stereocenters. The van der Waals surface area contributed by atoms with Crippen molar-refractivity contribution in [2.45, 2.75) is 4.90 Å². The maximum atomic E-state index is 11.9. The molecule has 0 aromatic heterocycles. The second-order valence-corrected chi connectivity index (χ2v) is 6.27. The van der Waals surface area contributed by atoms with Crippen molar-refractivity contribution in [3.05, 3.63) is 36.0 Å². The van der Waals surface area contributed by atoms with Crippen LogP contribution >= 0.6 is 0 Å². The van der Waals surface area contributed by atoms with Crippen molar-refractivity contribution in [2.24, 2.45) is 0 Å². The Bertz CT molecular complexity index is 603. The summed E-state index contributed by atoms with van der Waals surface area (Å²) in [4.78, 5) is 13.7. The van der Waals surface area contributed by atoms with E-state index in [-0.39, 0.29) is 16.4 Å². The Morgan fingerprint density at radius 3 is 2.42 bits per heavy atom. The normalized spacial score (nSPS) is 11.6. The quantitative estimate of drug-likeness (QED) is 0.603. The molecule has 0 aliphatic heterocycles. The van der Waals surface area contributed by atoms with E-state index in [9.17, 15) is 13.2 Å². The van der Waals surface area contributed by atoms with Gasteiger partial charge >= 0.3 is 0 Å². The van der Waals surface area contributed by atoms with Crippen molar-refractivity contribution in [1.82, 2.24) is 4.90 Å². The Morgan fingerprint density at radius 1 is 1.32 bits per heavy atom. The lowest BCUT2D eigenvalue weighted by molar-refractivity contribution is 0.104. The minimum Gasteiger partial charge on any atom is -0.495 e. The lowest BCUT2D eigenvalue weighted by Gasteiger charge is -2.08. The highest BCUT2D eigenvalue weighted by molar-refractivity contribution is 7.90. The molecule has 0 fully saturated rings. The van der Waals surface area contributed by atoms with Crippen molar-refractivity contribution in [3.8, 4) is 5.75 Å². The van der Waals surface area contributed by atoms with Gasteiger partial charge in [-0.05, 0) is 18.2 Å². The Labute approximate surface area is 113 Å². The predicted molar refractivity (Wildman–Crippen MR) is 73.3 cm³/mol. The van der Waals surface area contributed by atoms with Gasteiger partial charge in [-0.15, -0.1) is 0 Å². The number of rotatable bonds is 5. The van der Waals surface area contributed by atoms with E-state index in [4.69, 9.17) is 4.74 Å². The summed E-state index contributed by atoms with van der Waals surface area (Å²) in [5, 5.41) is 0. The summed E-state index contributed by atoms with van der Waals surface area (Å²) in [7, 11) is 1.60. The summed E-state index contributed by atoms with van der Waals surface area (Å²) >= 11 is 0. The van der Waals surface area contributed by atoms with E-state index in [1.807, 2.05) is 0 Å². The number of carbonyl (C=O) groups is 1. The van der Waals surface area contributed by atoms with Crippen LogP contribution in [0.25, 0.3) is 0 Å². The van der Waals surface area contributed by atoms with Crippen LogP contribution in [0, 0.1) is 0 Å². The maximum Gasteiger partial charge on any atom is 0.187 e. The van der Waals surface area contributed by atoms with Crippen LogP contribution in [-0.2, 0) is 9.84 Å². The Morgan fingerprint density at radius 2 is 1.95 bits per heavy atom. The third kappa shape index (κ3) is 4.10. The number of carbonyl (C=O) groups excluding carboxylic acids is 1. The SMILES string of the molecule is COc1cc(C(=O)/C=C/N(C)C)ccc1S(C)(=O)=O. The van der Waals surface area contributed by atoms with Crippen molar-refractivity contribution < 1.29 is 17.9 Å². The molecule has 0 saturated heterocycles. The highest BCUT2D eigenvalue weighted by Gasteiger charge is 2.15. The van der Waals surface area contributed by atoms with Crippen molar-refractivity contribution >= 4 is 15.6 Å². The van der Waals surface area contributed by atoms with Crippen molar-refractivity contribution in [2.75, 3.05) is 27.5 Å². The molecule has 104 valence electrons. The minimum atomic E-state index is -3.38. The van der Waals surface area contributed by atoms with E-state index in [2.05, 4.69) is 0 Å². The zero-order valence-electron chi connectivity index (χ0n) is 11.4. The molecular weight excluding hydrogens is 266 g/mol. The first kappa shape index (κ1) is 15.2. The molecular formula is C13H17NO4S. The standard InChI is InChI=1S/C13H17NO4S/c1-14(2)8-7-11(15)10-5-6-13(19(4,16)17)12(9-10)18-3/h5-9H,1-4H3/b8-7+. The van der Waals surface area contributed by atoms with E-state index in [1.54, 1.807) is 25.2 Å². The molecule has 1 rings (SSSR count). The monoisotopic (exact) mass is 283 g/mol. The fourth-order valence-electron chi connectivity index (χ4n) is 1.44. The van der Waals surface area contributed by atoms with E-state index in [0.717, 1.165) is 6.26 Å². The second-order valence-electron chi connectivity index (χ2n) is 4.28. The molecule has 1 aromatic rings. The van der Waals surface area contributed by atoms with Crippen LogP contribution in [0.1, 0.15) is 10.4 Å².